The van der Waals surface area contributed by atoms with Crippen molar-refractivity contribution in [1.82, 2.24) is 15.0 Å². The fourth-order valence-electron chi connectivity index (χ4n) is 4.18. The van der Waals surface area contributed by atoms with E-state index in [4.69, 9.17) is 39.9 Å². The van der Waals surface area contributed by atoms with Gasteiger partial charge in [-0.15, -0.1) is 0 Å². The number of piperidine rings is 1. The zero-order valence-electron chi connectivity index (χ0n) is 16.9. The van der Waals surface area contributed by atoms with Crippen molar-refractivity contribution in [1.29, 1.82) is 5.41 Å². The van der Waals surface area contributed by atoms with Gasteiger partial charge >= 0.3 is 0 Å². The van der Waals surface area contributed by atoms with E-state index >= 15 is 0 Å². The van der Waals surface area contributed by atoms with Gasteiger partial charge < -0.3 is 27.8 Å². The molecular formula is C20H25ClN10. The zero-order valence-corrected chi connectivity index (χ0v) is 17.7. The first-order valence-electron chi connectivity index (χ1n) is 9.91. The molecule has 0 aromatic carbocycles. The van der Waals surface area contributed by atoms with Crippen LogP contribution in [0.4, 0.5) is 17.5 Å². The van der Waals surface area contributed by atoms with Crippen LogP contribution in [0.2, 0.25) is 5.02 Å². The molecule has 0 radical (unpaired) electrons. The third-order valence-corrected chi connectivity index (χ3v) is 6.51. The van der Waals surface area contributed by atoms with Crippen LogP contribution >= 0.6 is 11.6 Å². The summed E-state index contributed by atoms with van der Waals surface area (Å²) >= 11 is 6.19. The van der Waals surface area contributed by atoms with Gasteiger partial charge in [0.15, 0.2) is 5.82 Å². The van der Waals surface area contributed by atoms with Crippen LogP contribution in [0.25, 0.3) is 0 Å². The maximum absolute atomic E-state index is 8.44. The lowest BCUT2D eigenvalue weighted by Gasteiger charge is -2.41. The van der Waals surface area contributed by atoms with Crippen molar-refractivity contribution >= 4 is 40.5 Å². The third kappa shape index (κ3) is 3.68. The van der Waals surface area contributed by atoms with Crippen LogP contribution in [-0.2, 0) is 0 Å². The summed E-state index contributed by atoms with van der Waals surface area (Å²) in [5, 5.41) is 8.64. The van der Waals surface area contributed by atoms with Gasteiger partial charge in [-0.25, -0.2) is 15.0 Å². The Morgan fingerprint density at radius 2 is 1.97 bits per heavy atom. The van der Waals surface area contributed by atoms with Crippen molar-refractivity contribution in [3.05, 3.63) is 47.0 Å². The molecule has 2 aliphatic heterocycles. The second-order valence-corrected chi connectivity index (χ2v) is 8.20. The van der Waals surface area contributed by atoms with E-state index in [1.54, 1.807) is 18.3 Å². The molecule has 1 saturated heterocycles. The zero-order chi connectivity index (χ0) is 22.2. The number of aliphatic imine (C=N–C) groups is 1. The Morgan fingerprint density at radius 1 is 1.23 bits per heavy atom. The van der Waals surface area contributed by atoms with E-state index in [1.807, 2.05) is 0 Å². The van der Waals surface area contributed by atoms with E-state index < -0.39 is 0 Å². The summed E-state index contributed by atoms with van der Waals surface area (Å²) in [4.78, 5) is 19.5. The molecule has 0 aliphatic carbocycles. The van der Waals surface area contributed by atoms with Crippen molar-refractivity contribution in [2.75, 3.05) is 36.0 Å². The summed E-state index contributed by atoms with van der Waals surface area (Å²) in [5.41, 5.74) is 25.4. The van der Waals surface area contributed by atoms with E-state index in [2.05, 4.69) is 24.8 Å². The number of nitrogens with one attached hydrogen (secondary N) is 1. The molecule has 1 unspecified atom stereocenters. The van der Waals surface area contributed by atoms with Gasteiger partial charge in [0.1, 0.15) is 17.3 Å². The Morgan fingerprint density at radius 3 is 2.65 bits per heavy atom. The average Bonchev–Trinajstić information content (AvgIpc) is 3.06. The summed E-state index contributed by atoms with van der Waals surface area (Å²) in [7, 11) is 0. The number of halogens is 1. The van der Waals surface area contributed by atoms with E-state index in [0.29, 0.717) is 17.9 Å². The van der Waals surface area contributed by atoms with Gasteiger partial charge in [-0.3, -0.25) is 10.4 Å². The molecule has 4 heterocycles. The highest BCUT2D eigenvalue weighted by atomic mass is 35.5. The number of hydrogen-bond acceptors (Lipinski definition) is 10. The Hall–Kier alpha value is -3.24. The van der Waals surface area contributed by atoms with E-state index in [1.165, 1.54) is 12.4 Å². The Bertz CT molecular complexity index is 1070. The predicted molar refractivity (Wildman–Crippen MR) is 124 cm³/mol. The largest absolute Gasteiger partial charge is 0.405 e. The molecule has 4 rings (SSSR count). The van der Waals surface area contributed by atoms with Crippen molar-refractivity contribution < 1.29 is 0 Å². The fourth-order valence-corrected chi connectivity index (χ4v) is 4.39. The minimum atomic E-state index is -0.119. The highest BCUT2D eigenvalue weighted by molar-refractivity contribution is 6.37. The number of aromatic nitrogens is 3. The molecule has 11 heteroatoms. The third-order valence-electron chi connectivity index (χ3n) is 6.11. The van der Waals surface area contributed by atoms with Gasteiger partial charge in [-0.2, -0.15) is 0 Å². The van der Waals surface area contributed by atoms with Gasteiger partial charge in [-0.05, 0) is 31.2 Å². The van der Waals surface area contributed by atoms with Crippen LogP contribution in [0.1, 0.15) is 24.1 Å². The lowest BCUT2D eigenvalue weighted by Crippen LogP contribution is -2.51. The standard InChI is InChI=1S/C20H25ClN10/c21-14-11(2-6-27-18(14)25)15(23)16-19(26)30-13(9-28-16)31-7-3-20(4-8-31)10-29-12(1-5-22)17(20)24/h1-2,5-6,9,17,23H,3-4,7-8,10,22,24H2,(H2,25,27)(H2,26,30)/b5-1-,23-15?. The van der Waals surface area contributed by atoms with Crippen molar-refractivity contribution in [2.24, 2.45) is 21.9 Å². The normalized spacial score (nSPS) is 20.4. The number of anilines is 3. The number of pyridine rings is 1. The van der Waals surface area contributed by atoms with Crippen molar-refractivity contribution in [3.8, 4) is 0 Å². The second kappa shape index (κ2) is 8.12. The molecular weight excluding hydrogens is 416 g/mol. The Labute approximate surface area is 184 Å². The first kappa shape index (κ1) is 21.0. The van der Waals surface area contributed by atoms with Crippen LogP contribution in [0, 0.1) is 10.8 Å². The van der Waals surface area contributed by atoms with Gasteiger partial charge in [-0.1, -0.05) is 11.6 Å². The molecule has 2 aliphatic rings. The molecule has 10 nitrogen and oxygen atoms in total. The Balaban J connectivity index is 1.49. The topological polar surface area (TPSA) is 182 Å². The van der Waals surface area contributed by atoms with Crippen LogP contribution in [0.5, 0.6) is 0 Å². The van der Waals surface area contributed by atoms with Crippen LogP contribution in [0.15, 0.2) is 35.7 Å². The first-order valence-corrected chi connectivity index (χ1v) is 10.3. The lowest BCUT2D eigenvalue weighted by atomic mass is 9.73. The van der Waals surface area contributed by atoms with Crippen LogP contribution < -0.4 is 27.8 Å². The molecule has 0 amide bonds. The molecule has 1 spiro atoms. The molecule has 2 aromatic rings. The van der Waals surface area contributed by atoms with Gasteiger partial charge in [0, 0.05) is 36.8 Å². The smallest absolute Gasteiger partial charge is 0.154 e. The maximum Gasteiger partial charge on any atom is 0.154 e. The van der Waals surface area contributed by atoms with Crippen molar-refractivity contribution in [3.63, 3.8) is 0 Å². The molecule has 1 fully saturated rings. The fraction of sp³-hybridized carbons (Fsp3) is 0.350. The number of nitrogens with zero attached hydrogens (tertiary/aromatic N) is 5. The summed E-state index contributed by atoms with van der Waals surface area (Å²) in [6.07, 6.45) is 8.14. The lowest BCUT2D eigenvalue weighted by molar-refractivity contribution is 0.227. The number of nitrogen functional groups attached to an aromatic ring is 2. The number of hydrogen-bond donors (Lipinski definition) is 5. The SMILES string of the molecule is N=C(c1ccnc(N)c1Cl)c1ncc(N2CCC3(CC2)CN=C(/C=C\N)C3N)nc1N. The van der Waals surface area contributed by atoms with Gasteiger partial charge in [0.25, 0.3) is 0 Å². The molecule has 9 N–H and O–H groups in total. The minimum absolute atomic E-state index is 0.0443. The predicted octanol–water partition coefficient (Wildman–Crippen LogP) is 0.946. The average molecular weight is 441 g/mol. The molecule has 162 valence electrons. The van der Waals surface area contributed by atoms with Crippen LogP contribution in [0.3, 0.4) is 0 Å². The van der Waals surface area contributed by atoms with Crippen molar-refractivity contribution in [2.45, 2.75) is 18.9 Å². The minimum Gasteiger partial charge on any atom is -0.405 e. The molecule has 1 atom stereocenters. The summed E-state index contributed by atoms with van der Waals surface area (Å²) < 4.78 is 0. The Kier molecular flexibility index (Phi) is 5.50. The second-order valence-electron chi connectivity index (χ2n) is 7.82. The summed E-state index contributed by atoms with van der Waals surface area (Å²) in [6.45, 7) is 2.24. The quantitative estimate of drug-likeness (QED) is 0.435. The first-order chi connectivity index (χ1) is 14.9. The van der Waals surface area contributed by atoms with Gasteiger partial charge in [0.05, 0.1) is 28.7 Å². The molecule has 2 aromatic heterocycles. The van der Waals surface area contributed by atoms with E-state index in [9.17, 15) is 0 Å². The monoisotopic (exact) mass is 440 g/mol. The molecule has 0 bridgehead atoms. The van der Waals surface area contributed by atoms with Crippen LogP contribution in [-0.4, -0.2) is 52.1 Å². The highest BCUT2D eigenvalue weighted by Gasteiger charge is 2.45. The maximum atomic E-state index is 8.44. The molecule has 31 heavy (non-hydrogen) atoms. The van der Waals surface area contributed by atoms with E-state index in [0.717, 1.165) is 31.6 Å². The number of rotatable bonds is 4. The molecule has 0 saturated carbocycles. The summed E-state index contributed by atoms with van der Waals surface area (Å²) in [6, 6.07) is 1.48. The number of nitrogens with two attached hydrogens (primary N) is 4. The van der Waals surface area contributed by atoms with Gasteiger partial charge in [0.2, 0.25) is 0 Å². The highest BCUT2D eigenvalue weighted by Crippen LogP contribution is 2.40. The summed E-state index contributed by atoms with van der Waals surface area (Å²) in [5.74, 6) is 0.970. The van der Waals surface area contributed by atoms with E-state index in [-0.39, 0.29) is 39.5 Å².